The standard InChI is InChI=1S/C23H30N4O5/c1-2-31-22(29)19-17(24-23(30)25-20(19)16-7-4-3-5-8-16)15-26-10-12-27(13-11-26)21(28)18-9-6-14-32-18/h3-5,7-8,18,20H,2,6,9-15H2,1H3,(H2,24,25,30). The topological polar surface area (TPSA) is 100 Å². The molecule has 1 aromatic carbocycles. The second-order valence-corrected chi connectivity index (χ2v) is 8.16. The van der Waals surface area contributed by atoms with Crippen molar-refractivity contribution < 1.29 is 23.9 Å². The molecule has 0 aliphatic carbocycles. The summed E-state index contributed by atoms with van der Waals surface area (Å²) >= 11 is 0. The Morgan fingerprint density at radius 1 is 1.16 bits per heavy atom. The van der Waals surface area contributed by atoms with Crippen molar-refractivity contribution in [3.05, 3.63) is 47.2 Å². The highest BCUT2D eigenvalue weighted by Crippen LogP contribution is 2.28. The molecule has 2 N–H and O–H groups in total. The molecule has 2 fully saturated rings. The van der Waals surface area contributed by atoms with Gasteiger partial charge in [0.15, 0.2) is 0 Å². The zero-order valence-corrected chi connectivity index (χ0v) is 18.3. The first-order valence-corrected chi connectivity index (χ1v) is 11.2. The van der Waals surface area contributed by atoms with E-state index in [2.05, 4.69) is 15.5 Å². The number of hydrogen-bond acceptors (Lipinski definition) is 6. The maximum absolute atomic E-state index is 12.9. The Hall–Kier alpha value is -2.91. The van der Waals surface area contributed by atoms with Crippen LogP contribution in [-0.2, 0) is 19.1 Å². The third-order valence-corrected chi connectivity index (χ3v) is 6.05. The van der Waals surface area contributed by atoms with Crippen LogP contribution in [-0.4, -0.2) is 79.7 Å². The molecular weight excluding hydrogens is 412 g/mol. The summed E-state index contributed by atoms with van der Waals surface area (Å²) in [6.07, 6.45) is 1.40. The maximum atomic E-state index is 12.9. The Morgan fingerprint density at radius 3 is 2.56 bits per heavy atom. The monoisotopic (exact) mass is 442 g/mol. The number of hydrogen-bond donors (Lipinski definition) is 2. The van der Waals surface area contributed by atoms with Crippen molar-refractivity contribution in [3.8, 4) is 0 Å². The minimum absolute atomic E-state index is 0.0629. The molecule has 0 spiro atoms. The molecule has 3 amide bonds. The largest absolute Gasteiger partial charge is 0.463 e. The van der Waals surface area contributed by atoms with Crippen LogP contribution in [0.2, 0.25) is 0 Å². The van der Waals surface area contributed by atoms with E-state index in [1.807, 2.05) is 35.2 Å². The van der Waals surface area contributed by atoms with Crippen LogP contribution in [0.25, 0.3) is 0 Å². The van der Waals surface area contributed by atoms with E-state index < -0.39 is 12.0 Å². The molecule has 0 aromatic heterocycles. The van der Waals surface area contributed by atoms with E-state index in [1.54, 1.807) is 6.92 Å². The van der Waals surface area contributed by atoms with Crippen molar-refractivity contribution in [2.24, 2.45) is 0 Å². The first kappa shape index (κ1) is 22.3. The van der Waals surface area contributed by atoms with Crippen LogP contribution in [0.1, 0.15) is 31.4 Å². The molecule has 32 heavy (non-hydrogen) atoms. The van der Waals surface area contributed by atoms with Crippen molar-refractivity contribution in [2.75, 3.05) is 45.9 Å². The van der Waals surface area contributed by atoms with Crippen LogP contribution in [0, 0.1) is 0 Å². The number of piperazine rings is 1. The van der Waals surface area contributed by atoms with Crippen molar-refractivity contribution in [1.82, 2.24) is 20.4 Å². The molecule has 0 radical (unpaired) electrons. The van der Waals surface area contributed by atoms with Gasteiger partial charge >= 0.3 is 12.0 Å². The minimum Gasteiger partial charge on any atom is -0.463 e. The quantitative estimate of drug-likeness (QED) is 0.642. The fraction of sp³-hybridized carbons (Fsp3) is 0.522. The summed E-state index contributed by atoms with van der Waals surface area (Å²) < 4.78 is 10.8. The van der Waals surface area contributed by atoms with Crippen molar-refractivity contribution >= 4 is 17.9 Å². The number of amides is 3. The molecule has 0 bridgehead atoms. The Bertz CT molecular complexity index is 874. The summed E-state index contributed by atoms with van der Waals surface area (Å²) in [6, 6.07) is 8.45. The van der Waals surface area contributed by atoms with Gasteiger partial charge in [-0.05, 0) is 25.3 Å². The summed E-state index contributed by atoms with van der Waals surface area (Å²) in [7, 11) is 0. The summed E-state index contributed by atoms with van der Waals surface area (Å²) in [5.41, 5.74) is 1.77. The average molecular weight is 443 g/mol. The molecule has 1 aromatic rings. The van der Waals surface area contributed by atoms with Gasteiger partial charge in [0.2, 0.25) is 0 Å². The number of nitrogens with one attached hydrogen (secondary N) is 2. The number of carbonyl (C=O) groups is 3. The normalized spacial score (nSPS) is 24.2. The highest BCUT2D eigenvalue weighted by atomic mass is 16.5. The lowest BCUT2D eigenvalue weighted by atomic mass is 9.95. The Kier molecular flexibility index (Phi) is 7.06. The molecule has 4 rings (SSSR count). The predicted molar refractivity (Wildman–Crippen MR) is 117 cm³/mol. The van der Waals surface area contributed by atoms with E-state index >= 15 is 0 Å². The van der Waals surface area contributed by atoms with Gasteiger partial charge in [-0.1, -0.05) is 30.3 Å². The van der Waals surface area contributed by atoms with Gasteiger partial charge in [0.25, 0.3) is 5.91 Å². The zero-order chi connectivity index (χ0) is 22.5. The lowest BCUT2D eigenvalue weighted by Gasteiger charge is -2.37. The third-order valence-electron chi connectivity index (χ3n) is 6.05. The third kappa shape index (κ3) is 4.94. The lowest BCUT2D eigenvalue weighted by molar-refractivity contribution is -0.142. The predicted octanol–water partition coefficient (Wildman–Crippen LogP) is 1.18. The first-order chi connectivity index (χ1) is 15.6. The number of ether oxygens (including phenoxy) is 2. The fourth-order valence-electron chi connectivity index (χ4n) is 4.41. The number of urea groups is 1. The van der Waals surface area contributed by atoms with Crippen molar-refractivity contribution in [1.29, 1.82) is 0 Å². The Labute approximate surface area is 187 Å². The number of benzene rings is 1. The zero-order valence-electron chi connectivity index (χ0n) is 18.3. The van der Waals surface area contributed by atoms with E-state index in [1.165, 1.54) is 0 Å². The second-order valence-electron chi connectivity index (χ2n) is 8.16. The van der Waals surface area contributed by atoms with E-state index in [0.29, 0.717) is 50.6 Å². The van der Waals surface area contributed by atoms with Crippen molar-refractivity contribution in [2.45, 2.75) is 31.9 Å². The molecule has 172 valence electrons. The number of esters is 1. The summed E-state index contributed by atoms with van der Waals surface area (Å²) in [5.74, 6) is -0.385. The fourth-order valence-corrected chi connectivity index (χ4v) is 4.41. The molecule has 2 saturated heterocycles. The molecule has 9 heteroatoms. The summed E-state index contributed by atoms with van der Waals surface area (Å²) in [5, 5.41) is 5.67. The molecule has 2 unspecified atom stereocenters. The van der Waals surface area contributed by atoms with Gasteiger partial charge in [0, 0.05) is 45.0 Å². The van der Waals surface area contributed by atoms with Gasteiger partial charge in [0.1, 0.15) is 6.10 Å². The van der Waals surface area contributed by atoms with Crippen LogP contribution in [0.3, 0.4) is 0 Å². The van der Waals surface area contributed by atoms with Crippen LogP contribution in [0.15, 0.2) is 41.6 Å². The second kappa shape index (κ2) is 10.1. The summed E-state index contributed by atoms with van der Waals surface area (Å²) in [4.78, 5) is 41.9. The number of rotatable bonds is 6. The van der Waals surface area contributed by atoms with Crippen LogP contribution in [0.4, 0.5) is 4.79 Å². The molecule has 3 aliphatic heterocycles. The van der Waals surface area contributed by atoms with Crippen molar-refractivity contribution in [3.63, 3.8) is 0 Å². The van der Waals surface area contributed by atoms with Gasteiger partial charge in [0.05, 0.1) is 18.2 Å². The number of carbonyl (C=O) groups excluding carboxylic acids is 3. The molecular formula is C23H30N4O5. The molecule has 3 heterocycles. The van der Waals surface area contributed by atoms with Crippen LogP contribution in [0.5, 0.6) is 0 Å². The van der Waals surface area contributed by atoms with Gasteiger partial charge in [-0.15, -0.1) is 0 Å². The van der Waals surface area contributed by atoms with E-state index in [4.69, 9.17) is 9.47 Å². The van der Waals surface area contributed by atoms with E-state index in [0.717, 1.165) is 18.4 Å². The average Bonchev–Trinajstić information content (AvgIpc) is 3.34. The number of nitrogens with zero attached hydrogens (tertiary/aromatic N) is 2. The molecule has 0 saturated carbocycles. The van der Waals surface area contributed by atoms with E-state index in [9.17, 15) is 14.4 Å². The highest BCUT2D eigenvalue weighted by Gasteiger charge is 2.35. The Morgan fingerprint density at radius 2 is 1.91 bits per heavy atom. The SMILES string of the molecule is CCOC(=O)C1=C(CN2CCN(C(=O)C3CCCO3)CC2)NC(=O)NC1c1ccccc1. The maximum Gasteiger partial charge on any atom is 0.338 e. The Balaban J connectivity index is 1.50. The minimum atomic E-state index is -0.582. The van der Waals surface area contributed by atoms with Gasteiger partial charge in [-0.25, -0.2) is 9.59 Å². The summed E-state index contributed by atoms with van der Waals surface area (Å²) in [6.45, 7) is 5.53. The van der Waals surface area contributed by atoms with Gasteiger partial charge < -0.3 is 25.0 Å². The molecule has 3 aliphatic rings. The molecule has 2 atom stereocenters. The van der Waals surface area contributed by atoms with Gasteiger partial charge in [-0.3, -0.25) is 9.69 Å². The van der Waals surface area contributed by atoms with Crippen LogP contribution >= 0.6 is 0 Å². The smallest absolute Gasteiger partial charge is 0.338 e. The molecule has 9 nitrogen and oxygen atoms in total. The van der Waals surface area contributed by atoms with E-state index in [-0.39, 0.29) is 24.6 Å². The van der Waals surface area contributed by atoms with Gasteiger partial charge in [-0.2, -0.15) is 0 Å². The van der Waals surface area contributed by atoms with Crippen LogP contribution < -0.4 is 10.6 Å². The highest BCUT2D eigenvalue weighted by molar-refractivity contribution is 5.95. The lowest BCUT2D eigenvalue weighted by Crippen LogP contribution is -2.54. The first-order valence-electron chi connectivity index (χ1n) is 11.2.